The first-order chi connectivity index (χ1) is 7.06. The Morgan fingerprint density at radius 2 is 1.93 bits per heavy atom. The predicted molar refractivity (Wildman–Crippen MR) is 50.9 cm³/mol. The van der Waals surface area contributed by atoms with E-state index in [1.165, 1.54) is 6.07 Å². The van der Waals surface area contributed by atoms with E-state index in [1.54, 1.807) is 6.92 Å². The highest BCUT2D eigenvalue weighted by Gasteiger charge is 2.19. The molecule has 0 bridgehead atoms. The zero-order valence-corrected chi connectivity index (χ0v) is 7.87. The maximum absolute atomic E-state index is 10.6. The van der Waals surface area contributed by atoms with E-state index in [-0.39, 0.29) is 18.0 Å². The summed E-state index contributed by atoms with van der Waals surface area (Å²) in [6.45, 7) is 1.93. The van der Waals surface area contributed by atoms with E-state index < -0.39 is 15.5 Å². The predicted octanol–water partition coefficient (Wildman–Crippen LogP) is 1.90. The van der Waals surface area contributed by atoms with Crippen molar-refractivity contribution < 1.29 is 14.6 Å². The minimum Gasteiger partial charge on any atom is -0.487 e. The van der Waals surface area contributed by atoms with Crippen molar-refractivity contribution in [3.8, 4) is 5.75 Å². The summed E-state index contributed by atoms with van der Waals surface area (Å²) in [5, 5.41) is 21.0. The standard InChI is InChI=1S/C8H8N2O5/c1-2-15-8-4-3-6(9(11)12)5-7(8)10(13)14/h3-5H,2H2,1H3. The van der Waals surface area contributed by atoms with Gasteiger partial charge in [-0.25, -0.2) is 0 Å². The number of nitro groups is 2. The van der Waals surface area contributed by atoms with Crippen LogP contribution in [-0.4, -0.2) is 16.5 Å². The number of ether oxygens (including phenoxy) is 1. The number of nitrogens with zero attached hydrogens (tertiary/aromatic N) is 2. The van der Waals surface area contributed by atoms with E-state index in [0.29, 0.717) is 0 Å². The molecule has 1 aromatic carbocycles. The quantitative estimate of drug-likeness (QED) is 0.560. The van der Waals surface area contributed by atoms with Crippen LogP contribution in [0.1, 0.15) is 6.92 Å². The van der Waals surface area contributed by atoms with Crippen LogP contribution in [-0.2, 0) is 0 Å². The van der Waals surface area contributed by atoms with Gasteiger partial charge in [-0.3, -0.25) is 20.2 Å². The van der Waals surface area contributed by atoms with Gasteiger partial charge in [0.1, 0.15) is 0 Å². The molecule has 0 fully saturated rings. The van der Waals surface area contributed by atoms with Crippen molar-refractivity contribution in [2.45, 2.75) is 6.92 Å². The molecule has 80 valence electrons. The number of non-ortho nitro benzene ring substituents is 1. The van der Waals surface area contributed by atoms with E-state index in [0.717, 1.165) is 12.1 Å². The molecule has 15 heavy (non-hydrogen) atoms. The van der Waals surface area contributed by atoms with Gasteiger partial charge >= 0.3 is 5.69 Å². The van der Waals surface area contributed by atoms with Crippen molar-refractivity contribution in [2.75, 3.05) is 6.61 Å². The molecule has 0 heterocycles. The Morgan fingerprint density at radius 1 is 1.27 bits per heavy atom. The second-order valence-corrected chi connectivity index (χ2v) is 2.60. The molecule has 0 radical (unpaired) electrons. The van der Waals surface area contributed by atoms with Gasteiger partial charge in [0, 0.05) is 6.07 Å². The fourth-order valence-electron chi connectivity index (χ4n) is 1.04. The molecule has 1 aromatic rings. The zero-order valence-electron chi connectivity index (χ0n) is 7.87. The summed E-state index contributed by atoms with van der Waals surface area (Å²) in [5.41, 5.74) is -0.726. The first kappa shape index (κ1) is 10.9. The SMILES string of the molecule is CCOc1ccc([N+](=O)[O-])cc1[N+](=O)[O-]. The van der Waals surface area contributed by atoms with Crippen LogP contribution in [0.4, 0.5) is 11.4 Å². The largest absolute Gasteiger partial charge is 0.487 e. The first-order valence-electron chi connectivity index (χ1n) is 4.12. The summed E-state index contributed by atoms with van der Waals surface area (Å²) in [7, 11) is 0. The van der Waals surface area contributed by atoms with Crippen LogP contribution >= 0.6 is 0 Å². The summed E-state index contributed by atoms with van der Waals surface area (Å²) in [6.07, 6.45) is 0. The molecule has 0 amide bonds. The van der Waals surface area contributed by atoms with Crippen LogP contribution in [0, 0.1) is 20.2 Å². The molecular formula is C8H8N2O5. The molecule has 0 unspecified atom stereocenters. The lowest BCUT2D eigenvalue weighted by Gasteiger charge is -2.02. The molecule has 0 atom stereocenters. The number of nitro benzene ring substituents is 2. The van der Waals surface area contributed by atoms with Crippen molar-refractivity contribution in [3.63, 3.8) is 0 Å². The lowest BCUT2D eigenvalue weighted by atomic mass is 10.2. The monoisotopic (exact) mass is 212 g/mol. The van der Waals surface area contributed by atoms with Crippen LogP contribution in [0.25, 0.3) is 0 Å². The summed E-state index contributed by atoms with van der Waals surface area (Å²) >= 11 is 0. The summed E-state index contributed by atoms with van der Waals surface area (Å²) in [5.74, 6) is 0.0353. The Hall–Kier alpha value is -2.18. The molecular weight excluding hydrogens is 204 g/mol. The van der Waals surface area contributed by atoms with Gasteiger partial charge in [-0.2, -0.15) is 0 Å². The number of rotatable bonds is 4. The van der Waals surface area contributed by atoms with Crippen LogP contribution in [0.2, 0.25) is 0 Å². The van der Waals surface area contributed by atoms with E-state index >= 15 is 0 Å². The molecule has 0 aliphatic carbocycles. The van der Waals surface area contributed by atoms with Gasteiger partial charge in [0.25, 0.3) is 5.69 Å². The number of benzene rings is 1. The first-order valence-corrected chi connectivity index (χ1v) is 4.12. The van der Waals surface area contributed by atoms with Crippen LogP contribution < -0.4 is 4.74 Å². The minimum atomic E-state index is -0.710. The Bertz CT molecular complexity index is 404. The van der Waals surface area contributed by atoms with Gasteiger partial charge in [-0.15, -0.1) is 0 Å². The topological polar surface area (TPSA) is 95.5 Å². The van der Waals surface area contributed by atoms with Crippen LogP contribution in [0.3, 0.4) is 0 Å². The van der Waals surface area contributed by atoms with Crippen molar-refractivity contribution >= 4 is 11.4 Å². The Morgan fingerprint density at radius 3 is 2.40 bits per heavy atom. The minimum absolute atomic E-state index is 0.0353. The molecule has 0 aromatic heterocycles. The third kappa shape index (κ3) is 2.39. The summed E-state index contributed by atoms with van der Waals surface area (Å²) in [6, 6.07) is 3.27. The Labute approximate surface area is 84.6 Å². The maximum Gasteiger partial charge on any atom is 0.317 e. The molecule has 7 heteroatoms. The Kier molecular flexibility index (Phi) is 3.17. The lowest BCUT2D eigenvalue weighted by Crippen LogP contribution is -1.98. The maximum atomic E-state index is 10.6. The fourth-order valence-corrected chi connectivity index (χ4v) is 1.04. The molecule has 0 N–H and O–H groups in total. The zero-order chi connectivity index (χ0) is 11.4. The van der Waals surface area contributed by atoms with E-state index in [2.05, 4.69) is 0 Å². The Balaban J connectivity index is 3.20. The van der Waals surface area contributed by atoms with Gasteiger partial charge in [0.15, 0.2) is 5.75 Å². The second-order valence-electron chi connectivity index (χ2n) is 2.60. The van der Waals surface area contributed by atoms with Crippen molar-refractivity contribution in [1.82, 2.24) is 0 Å². The van der Waals surface area contributed by atoms with Crippen molar-refractivity contribution in [3.05, 3.63) is 38.4 Å². The van der Waals surface area contributed by atoms with Gasteiger partial charge in [0.05, 0.1) is 22.5 Å². The third-order valence-corrected chi connectivity index (χ3v) is 1.65. The van der Waals surface area contributed by atoms with E-state index in [9.17, 15) is 20.2 Å². The average Bonchev–Trinajstić information content (AvgIpc) is 2.18. The van der Waals surface area contributed by atoms with Crippen molar-refractivity contribution in [2.24, 2.45) is 0 Å². The lowest BCUT2D eigenvalue weighted by molar-refractivity contribution is -0.394. The van der Waals surface area contributed by atoms with Crippen molar-refractivity contribution in [1.29, 1.82) is 0 Å². The summed E-state index contributed by atoms with van der Waals surface area (Å²) in [4.78, 5) is 19.6. The smallest absolute Gasteiger partial charge is 0.317 e. The van der Waals surface area contributed by atoms with E-state index in [4.69, 9.17) is 4.74 Å². The molecule has 0 saturated heterocycles. The van der Waals surface area contributed by atoms with Gasteiger partial charge in [0.2, 0.25) is 0 Å². The average molecular weight is 212 g/mol. The second kappa shape index (κ2) is 4.36. The number of hydrogen-bond acceptors (Lipinski definition) is 5. The normalized spacial score (nSPS) is 9.67. The van der Waals surface area contributed by atoms with Gasteiger partial charge in [-0.1, -0.05) is 0 Å². The van der Waals surface area contributed by atoms with Gasteiger partial charge < -0.3 is 4.74 Å². The van der Waals surface area contributed by atoms with Crippen LogP contribution in [0.5, 0.6) is 5.75 Å². The van der Waals surface area contributed by atoms with Gasteiger partial charge in [-0.05, 0) is 13.0 Å². The fraction of sp³-hybridized carbons (Fsp3) is 0.250. The molecule has 0 aliphatic heterocycles. The summed E-state index contributed by atoms with van der Waals surface area (Å²) < 4.78 is 4.97. The number of hydrogen-bond donors (Lipinski definition) is 0. The molecule has 0 saturated carbocycles. The third-order valence-electron chi connectivity index (χ3n) is 1.65. The highest BCUT2D eigenvalue weighted by atomic mass is 16.6. The highest BCUT2D eigenvalue weighted by Crippen LogP contribution is 2.30. The molecule has 0 spiro atoms. The molecule has 0 aliphatic rings. The molecule has 7 nitrogen and oxygen atoms in total. The molecule has 1 rings (SSSR count). The van der Waals surface area contributed by atoms with Crippen LogP contribution in [0.15, 0.2) is 18.2 Å². The highest BCUT2D eigenvalue weighted by molar-refractivity contribution is 5.53. The van der Waals surface area contributed by atoms with E-state index in [1.807, 2.05) is 0 Å².